The number of hydrogen-bond acceptors (Lipinski definition) is 5. The SMILES string of the molecule is CCOc1ccc(C(=O)c2ccccc2C(=O)NCC(C)CN)cc1OCC.Cl. The molecular formula is C22H29ClN2O4. The second kappa shape index (κ2) is 12.1. The van der Waals surface area contributed by atoms with Gasteiger partial charge in [0.1, 0.15) is 0 Å². The van der Waals surface area contributed by atoms with Crippen LogP contribution in [-0.4, -0.2) is 38.0 Å². The van der Waals surface area contributed by atoms with E-state index < -0.39 is 0 Å². The maximum atomic E-state index is 13.1. The van der Waals surface area contributed by atoms with Crippen LogP contribution in [0, 0.1) is 5.92 Å². The van der Waals surface area contributed by atoms with Crippen LogP contribution in [0.3, 0.4) is 0 Å². The van der Waals surface area contributed by atoms with Crippen molar-refractivity contribution < 1.29 is 19.1 Å². The first kappa shape index (κ1) is 24.5. The minimum Gasteiger partial charge on any atom is -0.490 e. The lowest BCUT2D eigenvalue weighted by Gasteiger charge is -2.14. The fraction of sp³-hybridized carbons (Fsp3) is 0.364. The number of carbonyl (C=O) groups is 2. The van der Waals surface area contributed by atoms with Crippen molar-refractivity contribution in [3.05, 3.63) is 59.2 Å². The summed E-state index contributed by atoms with van der Waals surface area (Å²) in [6.45, 7) is 7.59. The van der Waals surface area contributed by atoms with Gasteiger partial charge in [-0.1, -0.05) is 25.1 Å². The molecule has 6 nitrogen and oxygen atoms in total. The van der Waals surface area contributed by atoms with Crippen molar-refractivity contribution in [3.8, 4) is 11.5 Å². The number of nitrogens with one attached hydrogen (secondary N) is 1. The normalized spacial score (nSPS) is 11.2. The summed E-state index contributed by atoms with van der Waals surface area (Å²) in [4.78, 5) is 25.7. The molecule has 7 heteroatoms. The van der Waals surface area contributed by atoms with E-state index in [1.165, 1.54) is 0 Å². The summed E-state index contributed by atoms with van der Waals surface area (Å²) in [7, 11) is 0. The fourth-order valence-corrected chi connectivity index (χ4v) is 2.67. The molecule has 158 valence electrons. The van der Waals surface area contributed by atoms with Gasteiger partial charge in [-0.05, 0) is 50.6 Å². The van der Waals surface area contributed by atoms with Crippen LogP contribution in [-0.2, 0) is 0 Å². The lowest BCUT2D eigenvalue weighted by Crippen LogP contribution is -2.32. The van der Waals surface area contributed by atoms with Crippen LogP contribution >= 0.6 is 12.4 Å². The topological polar surface area (TPSA) is 90.7 Å². The van der Waals surface area contributed by atoms with Gasteiger partial charge in [-0.25, -0.2) is 0 Å². The zero-order chi connectivity index (χ0) is 20.5. The predicted octanol–water partition coefficient (Wildman–Crippen LogP) is 3.46. The third-order valence-corrected chi connectivity index (χ3v) is 4.24. The largest absolute Gasteiger partial charge is 0.490 e. The Morgan fingerprint density at radius 2 is 1.62 bits per heavy atom. The van der Waals surface area contributed by atoms with Gasteiger partial charge in [0.25, 0.3) is 5.91 Å². The third kappa shape index (κ3) is 6.48. The molecule has 1 unspecified atom stereocenters. The number of benzene rings is 2. The smallest absolute Gasteiger partial charge is 0.252 e. The molecule has 0 aliphatic rings. The average Bonchev–Trinajstić information content (AvgIpc) is 2.72. The quantitative estimate of drug-likeness (QED) is 0.574. The van der Waals surface area contributed by atoms with Crippen LogP contribution in [0.4, 0.5) is 0 Å². The molecule has 1 atom stereocenters. The van der Waals surface area contributed by atoms with E-state index in [-0.39, 0.29) is 30.0 Å². The molecule has 0 saturated heterocycles. The molecule has 1 amide bonds. The van der Waals surface area contributed by atoms with Crippen LogP contribution in [0.2, 0.25) is 0 Å². The van der Waals surface area contributed by atoms with Crippen LogP contribution in [0.15, 0.2) is 42.5 Å². The molecule has 0 aromatic heterocycles. The molecule has 0 bridgehead atoms. The summed E-state index contributed by atoms with van der Waals surface area (Å²) >= 11 is 0. The van der Waals surface area contributed by atoms with Gasteiger partial charge in [0.05, 0.1) is 18.8 Å². The van der Waals surface area contributed by atoms with E-state index in [9.17, 15) is 9.59 Å². The zero-order valence-corrected chi connectivity index (χ0v) is 17.9. The van der Waals surface area contributed by atoms with Gasteiger partial charge in [0.15, 0.2) is 17.3 Å². The number of nitrogens with two attached hydrogens (primary N) is 1. The van der Waals surface area contributed by atoms with E-state index in [0.29, 0.717) is 54.5 Å². The van der Waals surface area contributed by atoms with Crippen LogP contribution in [0.25, 0.3) is 0 Å². The number of ether oxygens (including phenoxy) is 2. The van der Waals surface area contributed by atoms with Crippen LogP contribution < -0.4 is 20.5 Å². The molecule has 0 spiro atoms. The van der Waals surface area contributed by atoms with Gasteiger partial charge < -0.3 is 20.5 Å². The molecule has 0 heterocycles. The Balaban J connectivity index is 0.00000420. The lowest BCUT2D eigenvalue weighted by atomic mass is 9.97. The van der Waals surface area contributed by atoms with Crippen molar-refractivity contribution in [2.24, 2.45) is 11.7 Å². The highest BCUT2D eigenvalue weighted by atomic mass is 35.5. The van der Waals surface area contributed by atoms with Crippen molar-refractivity contribution in [2.75, 3.05) is 26.3 Å². The van der Waals surface area contributed by atoms with E-state index in [1.54, 1.807) is 42.5 Å². The standard InChI is InChI=1S/C22H28N2O4.ClH/c1-4-27-19-11-10-16(12-20(19)28-5-2)21(25)17-8-6-7-9-18(17)22(26)24-14-15(3)13-23;/h6-12,15H,4-5,13-14,23H2,1-3H3,(H,24,26);1H. The van der Waals surface area contributed by atoms with E-state index in [1.807, 2.05) is 20.8 Å². The molecule has 0 fully saturated rings. The van der Waals surface area contributed by atoms with Crippen molar-refractivity contribution in [1.29, 1.82) is 0 Å². The Bertz CT molecular complexity index is 826. The maximum absolute atomic E-state index is 13.1. The first-order valence-corrected chi connectivity index (χ1v) is 9.53. The number of halogens is 1. The van der Waals surface area contributed by atoms with Crippen molar-refractivity contribution in [1.82, 2.24) is 5.32 Å². The predicted molar refractivity (Wildman–Crippen MR) is 116 cm³/mol. The Kier molecular flexibility index (Phi) is 10.2. The van der Waals surface area contributed by atoms with E-state index >= 15 is 0 Å². The van der Waals surface area contributed by atoms with Gasteiger partial charge in [-0.2, -0.15) is 0 Å². The Morgan fingerprint density at radius 3 is 2.24 bits per heavy atom. The first-order valence-electron chi connectivity index (χ1n) is 9.53. The molecule has 29 heavy (non-hydrogen) atoms. The highest BCUT2D eigenvalue weighted by molar-refractivity contribution is 6.15. The fourth-order valence-electron chi connectivity index (χ4n) is 2.67. The molecule has 0 aliphatic carbocycles. The number of amides is 1. The van der Waals surface area contributed by atoms with E-state index in [4.69, 9.17) is 15.2 Å². The molecule has 0 radical (unpaired) electrons. The number of rotatable bonds is 10. The zero-order valence-electron chi connectivity index (χ0n) is 17.1. The van der Waals surface area contributed by atoms with Gasteiger partial charge >= 0.3 is 0 Å². The van der Waals surface area contributed by atoms with E-state index in [2.05, 4.69) is 5.32 Å². The molecule has 2 rings (SSSR count). The van der Waals surface area contributed by atoms with Crippen molar-refractivity contribution in [2.45, 2.75) is 20.8 Å². The summed E-state index contributed by atoms with van der Waals surface area (Å²) < 4.78 is 11.1. The molecule has 2 aromatic carbocycles. The van der Waals surface area contributed by atoms with Gasteiger partial charge in [-0.3, -0.25) is 9.59 Å². The molecule has 0 aliphatic heterocycles. The van der Waals surface area contributed by atoms with Gasteiger partial charge in [0.2, 0.25) is 0 Å². The molecular weight excluding hydrogens is 392 g/mol. The second-order valence-corrected chi connectivity index (χ2v) is 6.45. The van der Waals surface area contributed by atoms with Crippen LogP contribution in [0.5, 0.6) is 11.5 Å². The Hall–Kier alpha value is -2.57. The monoisotopic (exact) mass is 420 g/mol. The lowest BCUT2D eigenvalue weighted by molar-refractivity contribution is 0.0937. The van der Waals surface area contributed by atoms with Gasteiger partial charge in [0, 0.05) is 17.7 Å². The highest BCUT2D eigenvalue weighted by Crippen LogP contribution is 2.29. The maximum Gasteiger partial charge on any atom is 0.252 e. The summed E-state index contributed by atoms with van der Waals surface area (Å²) in [6.07, 6.45) is 0. The summed E-state index contributed by atoms with van der Waals surface area (Å²) in [5.41, 5.74) is 6.71. The minimum atomic E-state index is -0.291. The second-order valence-electron chi connectivity index (χ2n) is 6.45. The van der Waals surface area contributed by atoms with Crippen molar-refractivity contribution in [3.63, 3.8) is 0 Å². The van der Waals surface area contributed by atoms with Crippen molar-refractivity contribution >= 4 is 24.1 Å². The molecule has 2 aromatic rings. The third-order valence-electron chi connectivity index (χ3n) is 4.24. The van der Waals surface area contributed by atoms with E-state index in [0.717, 1.165) is 0 Å². The Morgan fingerprint density at radius 1 is 1.00 bits per heavy atom. The minimum absolute atomic E-state index is 0. The first-order chi connectivity index (χ1) is 13.5. The highest BCUT2D eigenvalue weighted by Gasteiger charge is 2.20. The average molecular weight is 421 g/mol. The summed E-state index contributed by atoms with van der Waals surface area (Å²) in [6, 6.07) is 11.8. The molecule has 3 N–H and O–H groups in total. The number of ketones is 1. The van der Waals surface area contributed by atoms with Crippen LogP contribution in [0.1, 0.15) is 47.1 Å². The summed E-state index contributed by atoms with van der Waals surface area (Å²) in [5.74, 6) is 0.713. The summed E-state index contributed by atoms with van der Waals surface area (Å²) in [5, 5.41) is 2.84. The van der Waals surface area contributed by atoms with Gasteiger partial charge in [-0.15, -0.1) is 12.4 Å². The Labute approximate surface area is 178 Å². The number of carbonyl (C=O) groups excluding carboxylic acids is 2. The molecule has 0 saturated carbocycles. The number of hydrogen-bond donors (Lipinski definition) is 2.